The molecule has 3 heterocycles. The van der Waals surface area contributed by atoms with Crippen LogP contribution in [0, 0.1) is 0 Å². The Hall–Kier alpha value is -3.50. The number of fused-ring (bicyclic) bond motifs is 2. The summed E-state index contributed by atoms with van der Waals surface area (Å²) in [6.07, 6.45) is 3.92. The summed E-state index contributed by atoms with van der Waals surface area (Å²) in [4.78, 5) is 45.6. The SMILES string of the molecule is CCN(C(=O)COC(=O)c1c(NC(=O)c2ccco2)sc2c1CCC2)c1nc2ccccc2s1. The number of carbonyl (C=O) groups excluding carboxylic acids is 3. The fourth-order valence-corrected chi connectivity index (χ4v) is 6.27. The Morgan fingerprint density at radius 1 is 1.15 bits per heavy atom. The minimum atomic E-state index is -0.622. The van der Waals surface area contributed by atoms with E-state index in [0.717, 1.165) is 39.9 Å². The molecule has 0 aliphatic heterocycles. The number of likely N-dealkylation sites (N-methyl/N-ethyl adjacent to an activating group) is 1. The number of hydrogen-bond acceptors (Lipinski definition) is 8. The maximum atomic E-state index is 13.1. The Kier molecular flexibility index (Phi) is 6.16. The molecule has 1 aliphatic carbocycles. The summed E-state index contributed by atoms with van der Waals surface area (Å²) < 4.78 is 11.6. The molecule has 3 aromatic heterocycles. The summed E-state index contributed by atoms with van der Waals surface area (Å²) in [5, 5.41) is 3.75. The van der Waals surface area contributed by atoms with Crippen LogP contribution in [0.2, 0.25) is 0 Å². The first kappa shape index (κ1) is 22.3. The number of carbonyl (C=O) groups is 3. The molecule has 1 N–H and O–H groups in total. The van der Waals surface area contributed by atoms with Crippen molar-refractivity contribution in [2.45, 2.75) is 26.2 Å². The van der Waals surface area contributed by atoms with Crippen molar-refractivity contribution in [3.63, 3.8) is 0 Å². The number of nitrogens with one attached hydrogen (secondary N) is 1. The van der Waals surface area contributed by atoms with E-state index >= 15 is 0 Å². The molecule has 0 fully saturated rings. The molecule has 8 nitrogen and oxygen atoms in total. The summed E-state index contributed by atoms with van der Waals surface area (Å²) >= 11 is 2.78. The molecule has 0 radical (unpaired) electrons. The fraction of sp³-hybridized carbons (Fsp3) is 0.250. The van der Waals surface area contributed by atoms with E-state index in [-0.39, 0.29) is 11.7 Å². The number of nitrogens with zero attached hydrogens (tertiary/aromatic N) is 2. The van der Waals surface area contributed by atoms with Gasteiger partial charge >= 0.3 is 5.97 Å². The van der Waals surface area contributed by atoms with Crippen molar-refractivity contribution in [3.8, 4) is 0 Å². The highest BCUT2D eigenvalue weighted by Crippen LogP contribution is 2.39. The van der Waals surface area contributed by atoms with Crippen molar-refractivity contribution in [3.05, 3.63) is 64.4 Å². The molecular formula is C24H21N3O5S2. The molecule has 1 aromatic carbocycles. The third-order valence-electron chi connectivity index (χ3n) is 5.55. The molecule has 0 unspecified atom stereocenters. The molecule has 2 amide bonds. The second kappa shape index (κ2) is 9.40. The van der Waals surface area contributed by atoms with Crippen LogP contribution in [0.3, 0.4) is 0 Å². The summed E-state index contributed by atoms with van der Waals surface area (Å²) in [5.41, 5.74) is 2.03. The lowest BCUT2D eigenvalue weighted by Gasteiger charge is -2.17. The van der Waals surface area contributed by atoms with Crippen molar-refractivity contribution in [1.82, 2.24) is 4.98 Å². The molecule has 1 aliphatic rings. The quantitative estimate of drug-likeness (QED) is 0.366. The number of ether oxygens (including phenoxy) is 1. The van der Waals surface area contributed by atoms with Crippen LogP contribution in [0.4, 0.5) is 10.1 Å². The van der Waals surface area contributed by atoms with Crippen molar-refractivity contribution in [1.29, 1.82) is 0 Å². The van der Waals surface area contributed by atoms with Crippen molar-refractivity contribution in [2.24, 2.45) is 0 Å². The Labute approximate surface area is 203 Å². The summed E-state index contributed by atoms with van der Waals surface area (Å²) in [6.45, 7) is 1.83. The number of anilines is 2. The van der Waals surface area contributed by atoms with Gasteiger partial charge in [0.25, 0.3) is 11.8 Å². The Morgan fingerprint density at radius 2 is 2.00 bits per heavy atom. The molecule has 0 saturated heterocycles. The van der Waals surface area contributed by atoms with Crippen LogP contribution in [-0.2, 0) is 22.4 Å². The van der Waals surface area contributed by atoms with Gasteiger partial charge in [0.1, 0.15) is 5.00 Å². The minimum Gasteiger partial charge on any atom is -0.459 e. The van der Waals surface area contributed by atoms with E-state index in [2.05, 4.69) is 10.3 Å². The van der Waals surface area contributed by atoms with Gasteiger partial charge in [-0.3, -0.25) is 14.5 Å². The zero-order valence-corrected chi connectivity index (χ0v) is 20.0. The van der Waals surface area contributed by atoms with E-state index in [1.807, 2.05) is 31.2 Å². The number of benzene rings is 1. The van der Waals surface area contributed by atoms with Crippen molar-refractivity contribution in [2.75, 3.05) is 23.4 Å². The molecule has 0 spiro atoms. The number of rotatable bonds is 7. The number of furan rings is 1. The van der Waals surface area contributed by atoms with Gasteiger partial charge < -0.3 is 14.5 Å². The third-order valence-corrected chi connectivity index (χ3v) is 7.82. The van der Waals surface area contributed by atoms with Gasteiger partial charge in [-0.2, -0.15) is 0 Å². The van der Waals surface area contributed by atoms with Crippen LogP contribution in [0.25, 0.3) is 10.2 Å². The smallest absolute Gasteiger partial charge is 0.341 e. The summed E-state index contributed by atoms with van der Waals surface area (Å²) in [6, 6.07) is 10.8. The van der Waals surface area contributed by atoms with Gasteiger partial charge in [0.2, 0.25) is 0 Å². The molecule has 0 bridgehead atoms. The van der Waals surface area contributed by atoms with Crippen LogP contribution in [0.1, 0.15) is 44.7 Å². The zero-order chi connectivity index (χ0) is 23.7. The van der Waals surface area contributed by atoms with Crippen LogP contribution >= 0.6 is 22.7 Å². The van der Waals surface area contributed by atoms with E-state index in [1.54, 1.807) is 12.1 Å². The van der Waals surface area contributed by atoms with Crippen LogP contribution < -0.4 is 10.2 Å². The largest absolute Gasteiger partial charge is 0.459 e. The van der Waals surface area contributed by atoms with Gasteiger partial charge in [-0.25, -0.2) is 9.78 Å². The van der Waals surface area contributed by atoms with Gasteiger partial charge in [-0.1, -0.05) is 23.5 Å². The average Bonchev–Trinajstić information content (AvgIpc) is 3.61. The molecule has 34 heavy (non-hydrogen) atoms. The zero-order valence-electron chi connectivity index (χ0n) is 18.3. The number of esters is 1. The topological polar surface area (TPSA) is 102 Å². The first-order chi connectivity index (χ1) is 16.5. The third kappa shape index (κ3) is 4.22. The number of hydrogen-bond donors (Lipinski definition) is 1. The molecule has 0 saturated carbocycles. The maximum Gasteiger partial charge on any atom is 0.341 e. The van der Waals surface area contributed by atoms with Crippen LogP contribution in [0.5, 0.6) is 0 Å². The highest BCUT2D eigenvalue weighted by atomic mass is 32.1. The highest BCUT2D eigenvalue weighted by molar-refractivity contribution is 7.22. The van der Waals surface area contributed by atoms with Crippen LogP contribution in [-0.4, -0.2) is 35.9 Å². The lowest BCUT2D eigenvalue weighted by atomic mass is 10.1. The van der Waals surface area contributed by atoms with Gasteiger partial charge in [-0.05, 0) is 56.0 Å². The normalized spacial score (nSPS) is 12.5. The van der Waals surface area contributed by atoms with E-state index in [4.69, 9.17) is 9.15 Å². The predicted molar refractivity (Wildman–Crippen MR) is 131 cm³/mol. The Bertz CT molecular complexity index is 1340. The van der Waals surface area contributed by atoms with Gasteiger partial charge in [0.15, 0.2) is 17.5 Å². The number of aryl methyl sites for hydroxylation is 1. The lowest BCUT2D eigenvalue weighted by molar-refractivity contribution is -0.121. The minimum absolute atomic E-state index is 0.150. The average molecular weight is 496 g/mol. The number of amides is 2. The number of aromatic nitrogens is 1. The standard InChI is InChI=1S/C24H21N3O5S2/c1-2-27(24-25-15-8-3-4-10-18(15)34-24)19(28)13-32-23(30)20-14-7-5-11-17(14)33-22(20)26-21(29)16-9-6-12-31-16/h3-4,6,8-10,12H,2,5,7,11,13H2,1H3,(H,26,29). The van der Waals surface area contributed by atoms with E-state index in [0.29, 0.717) is 22.2 Å². The highest BCUT2D eigenvalue weighted by Gasteiger charge is 2.30. The van der Waals surface area contributed by atoms with Gasteiger partial charge in [-0.15, -0.1) is 11.3 Å². The van der Waals surface area contributed by atoms with Gasteiger partial charge in [0, 0.05) is 11.4 Å². The second-order valence-corrected chi connectivity index (χ2v) is 9.79. The molecule has 4 aromatic rings. The Morgan fingerprint density at radius 3 is 2.76 bits per heavy atom. The lowest BCUT2D eigenvalue weighted by Crippen LogP contribution is -2.34. The summed E-state index contributed by atoms with van der Waals surface area (Å²) in [7, 11) is 0. The first-order valence-electron chi connectivity index (χ1n) is 10.9. The van der Waals surface area contributed by atoms with E-state index < -0.39 is 18.5 Å². The first-order valence-corrected chi connectivity index (χ1v) is 12.5. The number of para-hydroxylation sites is 1. The summed E-state index contributed by atoms with van der Waals surface area (Å²) in [5.74, 6) is -1.27. The van der Waals surface area contributed by atoms with Crippen molar-refractivity contribution >= 4 is 60.8 Å². The van der Waals surface area contributed by atoms with E-state index in [9.17, 15) is 14.4 Å². The maximum absolute atomic E-state index is 13.1. The van der Waals surface area contributed by atoms with Gasteiger partial charge in [0.05, 0.1) is 22.0 Å². The number of thiophene rings is 1. The molecule has 174 valence electrons. The van der Waals surface area contributed by atoms with E-state index in [1.165, 1.54) is 33.8 Å². The molecule has 5 rings (SSSR count). The number of thiazole rings is 1. The van der Waals surface area contributed by atoms with Crippen LogP contribution in [0.15, 0.2) is 47.1 Å². The van der Waals surface area contributed by atoms with Crippen molar-refractivity contribution < 1.29 is 23.5 Å². The molecule has 0 atom stereocenters. The molecule has 10 heteroatoms. The second-order valence-electron chi connectivity index (χ2n) is 7.67. The molecular weight excluding hydrogens is 474 g/mol. The Balaban J connectivity index is 1.32. The predicted octanol–water partition coefficient (Wildman–Crippen LogP) is 4.90. The monoisotopic (exact) mass is 495 g/mol. The fourth-order valence-electron chi connectivity index (χ4n) is 3.95.